The van der Waals surface area contributed by atoms with Crippen molar-refractivity contribution in [2.75, 3.05) is 19.0 Å². The van der Waals surface area contributed by atoms with Gasteiger partial charge in [0.2, 0.25) is 3.79 Å². The number of alkyl halides is 6. The van der Waals surface area contributed by atoms with Gasteiger partial charge in [0.05, 0.1) is 25.0 Å². The first-order chi connectivity index (χ1) is 10.5. The number of rotatable bonds is 4. The van der Waals surface area contributed by atoms with Gasteiger partial charge in [-0.3, -0.25) is 5.32 Å². The van der Waals surface area contributed by atoms with Crippen molar-refractivity contribution in [1.82, 2.24) is 0 Å². The summed E-state index contributed by atoms with van der Waals surface area (Å²) in [4.78, 5) is 11.6. The number of hydrogen-bond donors (Lipinski definition) is 2. The number of carbonyl (C=O) groups is 1. The summed E-state index contributed by atoms with van der Waals surface area (Å²) in [5.74, 6) is -0.147. The molecule has 130 valence electrons. The van der Waals surface area contributed by atoms with E-state index in [9.17, 15) is 18.0 Å². The summed E-state index contributed by atoms with van der Waals surface area (Å²) in [5, 5.41) is 11.2. The number of amides is 1. The molecule has 0 radical (unpaired) electrons. The van der Waals surface area contributed by atoms with Crippen LogP contribution in [-0.2, 0) is 17.5 Å². The molecule has 1 rings (SSSR count). The number of benzene rings is 1. The van der Waals surface area contributed by atoms with E-state index in [0.29, 0.717) is 12.1 Å². The molecule has 11 heteroatoms. The highest BCUT2D eigenvalue weighted by atomic mass is 35.6. The average Bonchev–Trinajstić information content (AvgIpc) is 2.42. The SMILES string of the molecule is COc1c(CO)cc(C(F)(F)F)cc1NC(=O)OCC(Cl)(Cl)Cl. The smallest absolute Gasteiger partial charge is 0.416 e. The Morgan fingerprint density at radius 2 is 1.91 bits per heavy atom. The first-order valence-electron chi connectivity index (χ1n) is 5.87. The van der Waals surface area contributed by atoms with E-state index in [1.54, 1.807) is 0 Å². The molecule has 0 aliphatic rings. The zero-order valence-corrected chi connectivity index (χ0v) is 13.8. The molecule has 1 aromatic carbocycles. The largest absolute Gasteiger partial charge is 0.494 e. The molecule has 0 fully saturated rings. The Bertz CT molecular complexity index is 576. The van der Waals surface area contributed by atoms with Crippen LogP contribution < -0.4 is 10.1 Å². The van der Waals surface area contributed by atoms with Crippen LogP contribution in [0.5, 0.6) is 5.75 Å². The van der Waals surface area contributed by atoms with Gasteiger partial charge in [-0.2, -0.15) is 13.2 Å². The normalized spacial score (nSPS) is 12.0. The summed E-state index contributed by atoms with van der Waals surface area (Å²) < 4.78 is 46.1. The highest BCUT2D eigenvalue weighted by Crippen LogP contribution is 2.38. The maximum absolute atomic E-state index is 12.8. The molecule has 2 N–H and O–H groups in total. The molecule has 0 unspecified atom stereocenters. The van der Waals surface area contributed by atoms with Gasteiger partial charge in [-0.05, 0) is 12.1 Å². The molecule has 0 saturated heterocycles. The van der Waals surface area contributed by atoms with Gasteiger partial charge in [0.25, 0.3) is 0 Å². The van der Waals surface area contributed by atoms with Crippen LogP contribution in [0.3, 0.4) is 0 Å². The van der Waals surface area contributed by atoms with Crippen molar-refractivity contribution in [1.29, 1.82) is 0 Å². The van der Waals surface area contributed by atoms with Crippen LogP contribution in [0.2, 0.25) is 0 Å². The quantitative estimate of drug-likeness (QED) is 0.751. The summed E-state index contributed by atoms with van der Waals surface area (Å²) in [6, 6.07) is 1.34. The van der Waals surface area contributed by atoms with E-state index in [4.69, 9.17) is 44.6 Å². The molecule has 0 atom stereocenters. The molecule has 23 heavy (non-hydrogen) atoms. The van der Waals surface area contributed by atoms with Crippen molar-refractivity contribution in [3.05, 3.63) is 23.3 Å². The zero-order chi connectivity index (χ0) is 17.8. The van der Waals surface area contributed by atoms with Gasteiger partial charge in [-0.15, -0.1) is 0 Å². The number of hydrogen-bond acceptors (Lipinski definition) is 4. The number of carbonyl (C=O) groups excluding carboxylic acids is 1. The minimum Gasteiger partial charge on any atom is -0.494 e. The van der Waals surface area contributed by atoms with E-state index in [1.807, 2.05) is 5.32 Å². The third-order valence-corrected chi connectivity index (χ3v) is 2.80. The van der Waals surface area contributed by atoms with Crippen molar-refractivity contribution in [2.45, 2.75) is 16.6 Å². The van der Waals surface area contributed by atoms with Crippen LogP contribution in [0, 0.1) is 0 Å². The standard InChI is InChI=1S/C12H11Cl3F3NO4/c1-22-9-6(4-20)2-7(12(16,17)18)3-8(9)19-10(21)23-5-11(13,14)15/h2-3,20H,4-5H2,1H3,(H,19,21). The molecule has 0 aromatic heterocycles. The minimum atomic E-state index is -4.69. The summed E-state index contributed by atoms with van der Waals surface area (Å²) in [7, 11) is 1.17. The second-order valence-corrected chi connectivity index (χ2v) is 6.70. The predicted octanol–water partition coefficient (Wildman–Crippen LogP) is 4.13. The van der Waals surface area contributed by atoms with Crippen molar-refractivity contribution in [2.24, 2.45) is 0 Å². The third kappa shape index (κ3) is 6.14. The van der Waals surface area contributed by atoms with Gasteiger partial charge >= 0.3 is 12.3 Å². The van der Waals surface area contributed by atoms with Crippen LogP contribution in [0.15, 0.2) is 12.1 Å². The van der Waals surface area contributed by atoms with E-state index in [-0.39, 0.29) is 17.0 Å². The van der Waals surface area contributed by atoms with Gasteiger partial charge in [0.15, 0.2) is 0 Å². The van der Waals surface area contributed by atoms with Gasteiger partial charge in [0, 0.05) is 5.56 Å². The Morgan fingerprint density at radius 1 is 1.30 bits per heavy atom. The van der Waals surface area contributed by atoms with E-state index < -0.39 is 34.8 Å². The topological polar surface area (TPSA) is 67.8 Å². The number of aliphatic hydroxyl groups excluding tert-OH is 1. The van der Waals surface area contributed by atoms with E-state index in [1.165, 1.54) is 7.11 Å². The Morgan fingerprint density at radius 3 is 2.35 bits per heavy atom. The maximum atomic E-state index is 12.8. The first kappa shape index (κ1) is 20.0. The second-order valence-electron chi connectivity index (χ2n) is 4.19. The van der Waals surface area contributed by atoms with Gasteiger partial charge < -0.3 is 14.6 Å². The lowest BCUT2D eigenvalue weighted by molar-refractivity contribution is -0.137. The highest BCUT2D eigenvalue weighted by Gasteiger charge is 2.33. The number of aliphatic hydroxyl groups is 1. The summed E-state index contributed by atoms with van der Waals surface area (Å²) in [6.45, 7) is -1.34. The van der Waals surface area contributed by atoms with Gasteiger partial charge in [-0.25, -0.2) is 4.79 Å². The summed E-state index contributed by atoms with van der Waals surface area (Å²) >= 11 is 16.2. The summed E-state index contributed by atoms with van der Waals surface area (Å²) in [5.41, 5.74) is -1.60. The average molecular weight is 397 g/mol. The molecule has 1 amide bonds. The van der Waals surface area contributed by atoms with E-state index >= 15 is 0 Å². The lowest BCUT2D eigenvalue weighted by atomic mass is 10.1. The maximum Gasteiger partial charge on any atom is 0.416 e. The number of methoxy groups -OCH3 is 1. The molecule has 0 aliphatic carbocycles. The van der Waals surface area contributed by atoms with Crippen LogP contribution in [0.1, 0.15) is 11.1 Å². The van der Waals surface area contributed by atoms with E-state index in [0.717, 1.165) is 0 Å². The molecular formula is C12H11Cl3F3NO4. The van der Waals surface area contributed by atoms with Crippen molar-refractivity contribution in [3.63, 3.8) is 0 Å². The van der Waals surface area contributed by atoms with Crippen LogP contribution in [0.4, 0.5) is 23.7 Å². The molecule has 0 aliphatic heterocycles. The lowest BCUT2D eigenvalue weighted by Crippen LogP contribution is -2.22. The molecule has 0 saturated carbocycles. The van der Waals surface area contributed by atoms with Crippen LogP contribution in [0.25, 0.3) is 0 Å². The van der Waals surface area contributed by atoms with Crippen LogP contribution in [-0.4, -0.2) is 28.7 Å². The fraction of sp³-hybridized carbons (Fsp3) is 0.417. The fourth-order valence-corrected chi connectivity index (χ4v) is 1.76. The molecule has 0 bridgehead atoms. The lowest BCUT2D eigenvalue weighted by Gasteiger charge is -2.17. The number of halogens is 6. The molecule has 0 heterocycles. The Balaban J connectivity index is 3.10. The van der Waals surface area contributed by atoms with Gasteiger partial charge in [0.1, 0.15) is 12.4 Å². The number of nitrogens with one attached hydrogen (secondary N) is 1. The van der Waals surface area contributed by atoms with E-state index in [2.05, 4.69) is 4.74 Å². The Labute approximate surface area is 144 Å². The molecule has 1 aromatic rings. The monoisotopic (exact) mass is 395 g/mol. The fourth-order valence-electron chi connectivity index (χ4n) is 1.60. The van der Waals surface area contributed by atoms with Gasteiger partial charge in [-0.1, -0.05) is 34.8 Å². The third-order valence-electron chi connectivity index (χ3n) is 2.47. The minimum absolute atomic E-state index is 0.147. The molecule has 0 spiro atoms. The van der Waals surface area contributed by atoms with Crippen LogP contribution >= 0.6 is 34.8 Å². The second kappa shape index (κ2) is 7.65. The Kier molecular flexibility index (Phi) is 6.64. The summed E-state index contributed by atoms with van der Waals surface area (Å²) in [6.07, 6.45) is -5.84. The predicted molar refractivity (Wildman–Crippen MR) is 79.2 cm³/mol. The van der Waals surface area contributed by atoms with Crippen molar-refractivity contribution < 1.29 is 32.5 Å². The van der Waals surface area contributed by atoms with Crippen molar-refractivity contribution >= 4 is 46.6 Å². The number of anilines is 1. The zero-order valence-electron chi connectivity index (χ0n) is 11.5. The molecule has 5 nitrogen and oxygen atoms in total. The Hall–Kier alpha value is -1.09. The highest BCUT2D eigenvalue weighted by molar-refractivity contribution is 6.67. The van der Waals surface area contributed by atoms with Crippen molar-refractivity contribution in [3.8, 4) is 5.75 Å². The number of ether oxygens (including phenoxy) is 2. The molecular weight excluding hydrogens is 385 g/mol. The first-order valence-corrected chi connectivity index (χ1v) is 7.01.